The van der Waals surface area contributed by atoms with E-state index >= 15 is 0 Å². The second-order valence-corrected chi connectivity index (χ2v) is 3.43. The van der Waals surface area contributed by atoms with Crippen molar-refractivity contribution >= 4 is 17.4 Å². The van der Waals surface area contributed by atoms with Gasteiger partial charge in [0.1, 0.15) is 5.75 Å². The van der Waals surface area contributed by atoms with Crippen molar-refractivity contribution in [2.24, 2.45) is 0 Å². The van der Waals surface area contributed by atoms with E-state index in [-0.39, 0.29) is 5.78 Å². The van der Waals surface area contributed by atoms with Gasteiger partial charge < -0.3 is 4.74 Å². The lowest BCUT2D eigenvalue weighted by atomic mass is 10.1. The summed E-state index contributed by atoms with van der Waals surface area (Å²) < 4.78 is 5.00. The minimum absolute atomic E-state index is 0.122. The number of ketones is 1. The number of halogens is 1. The summed E-state index contributed by atoms with van der Waals surface area (Å²) in [5, 5.41) is 0.481. The molecule has 0 atom stereocenters. The maximum absolute atomic E-state index is 11.5. The largest absolute Gasteiger partial charge is 0.495 e. The normalized spacial score (nSPS) is 9.93. The number of hydrogen-bond donors (Lipinski definition) is 0. The highest BCUT2D eigenvalue weighted by Crippen LogP contribution is 2.25. The molecule has 1 aromatic carbocycles. The molecule has 3 heteroatoms. The van der Waals surface area contributed by atoms with Crippen molar-refractivity contribution in [1.82, 2.24) is 0 Å². The summed E-state index contributed by atoms with van der Waals surface area (Å²) in [5.74, 6) is 0.719. The molecule has 0 spiro atoms. The third-order valence-corrected chi connectivity index (χ3v) is 2.25. The quantitative estimate of drug-likeness (QED) is 0.716. The molecule has 0 fully saturated rings. The van der Waals surface area contributed by atoms with Crippen LogP contribution in [0.5, 0.6) is 5.75 Å². The monoisotopic (exact) mass is 212 g/mol. The number of hydrogen-bond acceptors (Lipinski definition) is 2. The molecule has 0 aromatic heterocycles. The van der Waals surface area contributed by atoms with E-state index in [0.29, 0.717) is 22.8 Å². The fourth-order valence-corrected chi connectivity index (χ4v) is 1.47. The van der Waals surface area contributed by atoms with Crippen molar-refractivity contribution in [3.05, 3.63) is 28.8 Å². The Morgan fingerprint density at radius 2 is 2.21 bits per heavy atom. The van der Waals surface area contributed by atoms with E-state index in [0.717, 1.165) is 6.42 Å². The summed E-state index contributed by atoms with van der Waals surface area (Å²) in [5.41, 5.74) is 0.651. The molecule has 76 valence electrons. The highest BCUT2D eigenvalue weighted by Gasteiger charge is 2.07. The van der Waals surface area contributed by atoms with Gasteiger partial charge in [0.05, 0.1) is 12.1 Å². The van der Waals surface area contributed by atoms with Crippen molar-refractivity contribution in [3.8, 4) is 5.75 Å². The van der Waals surface area contributed by atoms with E-state index in [1.807, 2.05) is 6.92 Å². The standard InChI is InChI=1S/C11H13ClO2/c1-3-4-10(13)8-5-6-11(14-2)9(12)7-8/h5-7H,3-4H2,1-2H3. The lowest BCUT2D eigenvalue weighted by Gasteiger charge is -2.04. The second kappa shape index (κ2) is 5.01. The molecule has 0 aliphatic rings. The molecule has 0 bridgehead atoms. The molecular formula is C11H13ClO2. The Hall–Kier alpha value is -1.02. The predicted octanol–water partition coefficient (Wildman–Crippen LogP) is 3.33. The molecule has 0 saturated carbocycles. The Labute approximate surface area is 88.8 Å². The topological polar surface area (TPSA) is 26.3 Å². The number of rotatable bonds is 4. The number of methoxy groups -OCH3 is 1. The van der Waals surface area contributed by atoms with Gasteiger partial charge in [0.15, 0.2) is 5.78 Å². The molecule has 2 nitrogen and oxygen atoms in total. The van der Waals surface area contributed by atoms with Gasteiger partial charge in [0, 0.05) is 12.0 Å². The second-order valence-electron chi connectivity index (χ2n) is 3.02. The first-order valence-electron chi connectivity index (χ1n) is 4.55. The van der Waals surface area contributed by atoms with E-state index in [4.69, 9.17) is 16.3 Å². The summed E-state index contributed by atoms with van der Waals surface area (Å²) in [6.07, 6.45) is 1.41. The third kappa shape index (κ3) is 2.48. The highest BCUT2D eigenvalue weighted by atomic mass is 35.5. The van der Waals surface area contributed by atoms with E-state index in [1.54, 1.807) is 25.3 Å². The first-order chi connectivity index (χ1) is 6.69. The minimum Gasteiger partial charge on any atom is -0.495 e. The van der Waals surface area contributed by atoms with Crippen LogP contribution in [-0.4, -0.2) is 12.9 Å². The SMILES string of the molecule is CCCC(=O)c1ccc(OC)c(Cl)c1. The smallest absolute Gasteiger partial charge is 0.162 e. The Bertz CT molecular complexity index is 334. The molecule has 0 amide bonds. The van der Waals surface area contributed by atoms with E-state index in [1.165, 1.54) is 0 Å². The fraction of sp³-hybridized carbons (Fsp3) is 0.364. The van der Waals surface area contributed by atoms with Crippen LogP contribution >= 0.6 is 11.6 Å². The summed E-state index contributed by atoms with van der Waals surface area (Å²) >= 11 is 5.90. The molecule has 1 rings (SSSR count). The van der Waals surface area contributed by atoms with Crippen molar-refractivity contribution in [1.29, 1.82) is 0 Å². The zero-order valence-corrected chi connectivity index (χ0v) is 9.10. The molecule has 0 unspecified atom stereocenters. The first-order valence-corrected chi connectivity index (χ1v) is 4.93. The Balaban J connectivity index is 2.91. The van der Waals surface area contributed by atoms with Gasteiger partial charge >= 0.3 is 0 Å². The average Bonchev–Trinajstić information content (AvgIpc) is 2.18. The molecule has 1 aromatic rings. The van der Waals surface area contributed by atoms with Gasteiger partial charge in [0.2, 0.25) is 0 Å². The minimum atomic E-state index is 0.122. The van der Waals surface area contributed by atoms with Gasteiger partial charge in [-0.3, -0.25) is 4.79 Å². The van der Waals surface area contributed by atoms with Crippen LogP contribution in [0.1, 0.15) is 30.1 Å². The zero-order valence-electron chi connectivity index (χ0n) is 8.34. The van der Waals surface area contributed by atoms with Crippen molar-refractivity contribution in [3.63, 3.8) is 0 Å². The van der Waals surface area contributed by atoms with Crippen LogP contribution in [0.25, 0.3) is 0 Å². The third-order valence-electron chi connectivity index (χ3n) is 1.95. The Morgan fingerprint density at radius 3 is 2.71 bits per heavy atom. The van der Waals surface area contributed by atoms with Gasteiger partial charge in [0.25, 0.3) is 0 Å². The maximum atomic E-state index is 11.5. The molecule has 0 radical (unpaired) electrons. The molecular weight excluding hydrogens is 200 g/mol. The number of carbonyl (C=O) groups is 1. The van der Waals surface area contributed by atoms with Gasteiger partial charge in [-0.25, -0.2) is 0 Å². The van der Waals surface area contributed by atoms with Gasteiger partial charge in [-0.1, -0.05) is 18.5 Å². The molecule has 0 aliphatic heterocycles. The van der Waals surface area contributed by atoms with Crippen LogP contribution in [0.15, 0.2) is 18.2 Å². The van der Waals surface area contributed by atoms with Gasteiger partial charge in [-0.15, -0.1) is 0 Å². The van der Waals surface area contributed by atoms with Crippen LogP contribution in [0.4, 0.5) is 0 Å². The highest BCUT2D eigenvalue weighted by molar-refractivity contribution is 6.32. The fourth-order valence-electron chi connectivity index (χ4n) is 1.21. The number of Topliss-reactive ketones (excluding diaryl/α,β-unsaturated/α-hetero) is 1. The Kier molecular flexibility index (Phi) is 3.96. The van der Waals surface area contributed by atoms with Gasteiger partial charge in [-0.05, 0) is 24.6 Å². The molecule has 14 heavy (non-hydrogen) atoms. The number of carbonyl (C=O) groups excluding carboxylic acids is 1. The summed E-state index contributed by atoms with van der Waals surface area (Å²) in [6, 6.07) is 5.10. The first kappa shape index (κ1) is 11.1. The van der Waals surface area contributed by atoms with Crippen LogP contribution < -0.4 is 4.74 Å². The van der Waals surface area contributed by atoms with Crippen LogP contribution in [0.2, 0.25) is 5.02 Å². The molecule has 0 aliphatic carbocycles. The number of ether oxygens (including phenoxy) is 1. The number of benzene rings is 1. The van der Waals surface area contributed by atoms with Crippen LogP contribution in [0.3, 0.4) is 0 Å². The van der Waals surface area contributed by atoms with E-state index in [2.05, 4.69) is 0 Å². The van der Waals surface area contributed by atoms with Crippen LogP contribution in [-0.2, 0) is 0 Å². The molecule has 0 N–H and O–H groups in total. The average molecular weight is 213 g/mol. The van der Waals surface area contributed by atoms with Crippen molar-refractivity contribution in [2.75, 3.05) is 7.11 Å². The summed E-state index contributed by atoms with van der Waals surface area (Å²) in [6.45, 7) is 1.98. The lowest BCUT2D eigenvalue weighted by molar-refractivity contribution is 0.0981. The Morgan fingerprint density at radius 1 is 1.50 bits per heavy atom. The molecule has 0 saturated heterocycles. The maximum Gasteiger partial charge on any atom is 0.162 e. The summed E-state index contributed by atoms with van der Waals surface area (Å²) in [7, 11) is 1.55. The molecule has 0 heterocycles. The van der Waals surface area contributed by atoms with E-state index < -0.39 is 0 Å². The predicted molar refractivity (Wildman–Crippen MR) is 57.2 cm³/mol. The van der Waals surface area contributed by atoms with Gasteiger partial charge in [-0.2, -0.15) is 0 Å². The van der Waals surface area contributed by atoms with Crippen LogP contribution in [0, 0.1) is 0 Å². The van der Waals surface area contributed by atoms with Crippen molar-refractivity contribution in [2.45, 2.75) is 19.8 Å². The zero-order chi connectivity index (χ0) is 10.6. The van der Waals surface area contributed by atoms with E-state index in [9.17, 15) is 4.79 Å². The lowest BCUT2D eigenvalue weighted by Crippen LogP contribution is -1.98. The van der Waals surface area contributed by atoms with Crippen molar-refractivity contribution < 1.29 is 9.53 Å². The summed E-state index contributed by atoms with van der Waals surface area (Å²) in [4.78, 5) is 11.5.